The first-order valence-electron chi connectivity index (χ1n) is 7.79. The number of hydrogen-bond donors (Lipinski definition) is 2. The number of nitrogens with one attached hydrogen (secondary N) is 2. The van der Waals surface area contributed by atoms with E-state index in [9.17, 15) is 8.42 Å². The lowest BCUT2D eigenvalue weighted by atomic mass is 9.89. The van der Waals surface area contributed by atoms with Gasteiger partial charge in [-0.3, -0.25) is 0 Å². The molecule has 1 heterocycles. The second-order valence-electron chi connectivity index (χ2n) is 6.72. The summed E-state index contributed by atoms with van der Waals surface area (Å²) in [6.07, 6.45) is 7.17. The molecular formula is C15H24N2O2S2. The van der Waals surface area contributed by atoms with Crippen molar-refractivity contribution in [3.05, 3.63) is 17.0 Å². The van der Waals surface area contributed by atoms with Gasteiger partial charge in [-0.2, -0.15) is 0 Å². The first-order valence-corrected chi connectivity index (χ1v) is 10.1. The molecule has 2 aliphatic carbocycles. The van der Waals surface area contributed by atoms with Crippen LogP contribution in [0.5, 0.6) is 0 Å². The molecule has 0 atom stereocenters. The normalized spacial score (nSPS) is 21.8. The van der Waals surface area contributed by atoms with Crippen LogP contribution in [0.25, 0.3) is 0 Å². The van der Waals surface area contributed by atoms with Crippen molar-refractivity contribution in [3.8, 4) is 0 Å². The lowest BCUT2D eigenvalue weighted by molar-refractivity contribution is 0.336. The molecule has 0 bridgehead atoms. The number of hydrogen-bond acceptors (Lipinski definition) is 4. The molecule has 2 fully saturated rings. The highest BCUT2D eigenvalue weighted by atomic mass is 32.2. The zero-order chi connectivity index (χ0) is 14.9. The van der Waals surface area contributed by atoms with Crippen LogP contribution >= 0.6 is 11.3 Å². The third kappa shape index (κ3) is 4.06. The molecule has 6 heteroatoms. The Morgan fingerprint density at radius 1 is 1.29 bits per heavy atom. The van der Waals surface area contributed by atoms with Crippen molar-refractivity contribution in [1.82, 2.24) is 10.0 Å². The van der Waals surface area contributed by atoms with Crippen molar-refractivity contribution >= 4 is 21.4 Å². The lowest BCUT2D eigenvalue weighted by Gasteiger charge is -2.23. The molecule has 0 radical (unpaired) electrons. The monoisotopic (exact) mass is 328 g/mol. The van der Waals surface area contributed by atoms with Gasteiger partial charge < -0.3 is 5.32 Å². The summed E-state index contributed by atoms with van der Waals surface area (Å²) in [5.74, 6) is 0. The SMILES string of the molecule is CC1(CNS(=O)(=O)c2ccc(CNC3CC3)s2)CCCC1. The van der Waals surface area contributed by atoms with Gasteiger partial charge in [-0.05, 0) is 43.2 Å². The predicted molar refractivity (Wildman–Crippen MR) is 85.9 cm³/mol. The van der Waals surface area contributed by atoms with E-state index in [0.717, 1.165) is 24.3 Å². The van der Waals surface area contributed by atoms with Crippen LogP contribution < -0.4 is 10.0 Å². The van der Waals surface area contributed by atoms with Gasteiger partial charge in [-0.15, -0.1) is 11.3 Å². The van der Waals surface area contributed by atoms with E-state index in [-0.39, 0.29) is 5.41 Å². The van der Waals surface area contributed by atoms with Crippen LogP contribution in [0.2, 0.25) is 0 Å². The molecule has 0 saturated heterocycles. The smallest absolute Gasteiger partial charge is 0.250 e. The summed E-state index contributed by atoms with van der Waals surface area (Å²) in [6.45, 7) is 3.52. The van der Waals surface area contributed by atoms with Gasteiger partial charge in [0.25, 0.3) is 0 Å². The predicted octanol–water partition coefficient (Wildman–Crippen LogP) is 2.86. The average molecular weight is 329 g/mol. The fraction of sp³-hybridized carbons (Fsp3) is 0.733. The van der Waals surface area contributed by atoms with E-state index in [2.05, 4.69) is 17.0 Å². The lowest BCUT2D eigenvalue weighted by Crippen LogP contribution is -2.33. The maximum Gasteiger partial charge on any atom is 0.250 e. The van der Waals surface area contributed by atoms with E-state index < -0.39 is 10.0 Å². The van der Waals surface area contributed by atoms with Crippen LogP contribution in [0, 0.1) is 5.41 Å². The van der Waals surface area contributed by atoms with Crippen molar-refractivity contribution in [3.63, 3.8) is 0 Å². The van der Waals surface area contributed by atoms with Gasteiger partial charge in [0, 0.05) is 24.0 Å². The summed E-state index contributed by atoms with van der Waals surface area (Å²) in [5.41, 5.74) is 0.140. The molecule has 1 aromatic rings. The summed E-state index contributed by atoms with van der Waals surface area (Å²) in [4.78, 5) is 1.09. The van der Waals surface area contributed by atoms with Gasteiger partial charge in [0.05, 0.1) is 0 Å². The van der Waals surface area contributed by atoms with Gasteiger partial charge in [-0.1, -0.05) is 19.8 Å². The van der Waals surface area contributed by atoms with E-state index in [1.807, 2.05) is 6.07 Å². The Balaban J connectivity index is 1.58. The Bertz CT molecular complexity index is 585. The highest BCUT2D eigenvalue weighted by molar-refractivity contribution is 7.91. The van der Waals surface area contributed by atoms with Gasteiger partial charge in [0.2, 0.25) is 10.0 Å². The van der Waals surface area contributed by atoms with E-state index in [1.165, 1.54) is 37.0 Å². The second kappa shape index (κ2) is 5.99. The quantitative estimate of drug-likeness (QED) is 0.809. The summed E-state index contributed by atoms with van der Waals surface area (Å²) < 4.78 is 28.0. The molecule has 2 saturated carbocycles. The molecule has 3 rings (SSSR count). The molecule has 0 aliphatic heterocycles. The third-order valence-electron chi connectivity index (χ3n) is 4.54. The molecule has 2 aliphatic rings. The number of sulfonamides is 1. The molecule has 118 valence electrons. The largest absolute Gasteiger partial charge is 0.309 e. The molecular weight excluding hydrogens is 304 g/mol. The molecule has 21 heavy (non-hydrogen) atoms. The Hall–Kier alpha value is -0.430. The Morgan fingerprint density at radius 2 is 2.00 bits per heavy atom. The Labute approximate surface area is 131 Å². The molecule has 4 nitrogen and oxygen atoms in total. The average Bonchev–Trinajstić information content (AvgIpc) is 2.97. The molecule has 0 aromatic carbocycles. The maximum atomic E-state index is 12.4. The highest BCUT2D eigenvalue weighted by Gasteiger charge is 2.30. The summed E-state index contributed by atoms with van der Waals surface area (Å²) in [7, 11) is -3.35. The fourth-order valence-electron chi connectivity index (χ4n) is 2.88. The third-order valence-corrected chi connectivity index (χ3v) is 7.52. The summed E-state index contributed by atoms with van der Waals surface area (Å²) in [6, 6.07) is 4.30. The first kappa shape index (κ1) is 15.5. The second-order valence-corrected chi connectivity index (χ2v) is 9.88. The topological polar surface area (TPSA) is 58.2 Å². The minimum atomic E-state index is -3.35. The minimum absolute atomic E-state index is 0.140. The van der Waals surface area contributed by atoms with Crippen molar-refractivity contribution in [2.24, 2.45) is 5.41 Å². The van der Waals surface area contributed by atoms with Crippen LogP contribution in [0.1, 0.15) is 50.3 Å². The van der Waals surface area contributed by atoms with Gasteiger partial charge in [0.1, 0.15) is 4.21 Å². The van der Waals surface area contributed by atoms with E-state index >= 15 is 0 Å². The molecule has 0 amide bonds. The number of rotatable bonds is 7. The molecule has 0 spiro atoms. The molecule has 2 N–H and O–H groups in total. The minimum Gasteiger partial charge on any atom is -0.309 e. The van der Waals surface area contributed by atoms with Crippen LogP contribution in [0.15, 0.2) is 16.3 Å². The highest BCUT2D eigenvalue weighted by Crippen LogP contribution is 2.37. The van der Waals surface area contributed by atoms with E-state index in [4.69, 9.17) is 0 Å². The van der Waals surface area contributed by atoms with Crippen LogP contribution in [0.3, 0.4) is 0 Å². The molecule has 0 unspecified atom stereocenters. The summed E-state index contributed by atoms with van der Waals surface area (Å²) in [5, 5.41) is 3.42. The zero-order valence-electron chi connectivity index (χ0n) is 12.5. The van der Waals surface area contributed by atoms with Gasteiger partial charge in [-0.25, -0.2) is 13.1 Å². The van der Waals surface area contributed by atoms with Gasteiger partial charge in [0.15, 0.2) is 0 Å². The maximum absolute atomic E-state index is 12.4. The van der Waals surface area contributed by atoms with Crippen molar-refractivity contribution in [2.45, 2.75) is 62.2 Å². The van der Waals surface area contributed by atoms with Crippen LogP contribution in [0.4, 0.5) is 0 Å². The van der Waals surface area contributed by atoms with E-state index in [1.54, 1.807) is 6.07 Å². The fourth-order valence-corrected chi connectivity index (χ4v) is 5.43. The van der Waals surface area contributed by atoms with E-state index in [0.29, 0.717) is 16.8 Å². The van der Waals surface area contributed by atoms with Gasteiger partial charge >= 0.3 is 0 Å². The Kier molecular flexibility index (Phi) is 4.41. The van der Waals surface area contributed by atoms with Crippen molar-refractivity contribution < 1.29 is 8.42 Å². The first-order chi connectivity index (χ1) is 9.97. The zero-order valence-corrected chi connectivity index (χ0v) is 14.2. The Morgan fingerprint density at radius 3 is 2.67 bits per heavy atom. The molecule has 1 aromatic heterocycles. The van der Waals surface area contributed by atoms with Crippen LogP contribution in [-0.4, -0.2) is 21.0 Å². The van der Waals surface area contributed by atoms with Crippen molar-refractivity contribution in [1.29, 1.82) is 0 Å². The van der Waals surface area contributed by atoms with Crippen molar-refractivity contribution in [2.75, 3.05) is 6.54 Å². The van der Waals surface area contributed by atoms with Crippen LogP contribution in [-0.2, 0) is 16.6 Å². The standard InChI is InChI=1S/C15H24N2O2S2/c1-15(8-2-3-9-15)11-17-21(18,19)14-7-6-13(20-14)10-16-12-4-5-12/h6-7,12,16-17H,2-5,8-11H2,1H3. The summed E-state index contributed by atoms with van der Waals surface area (Å²) >= 11 is 1.38. The number of thiophene rings is 1.